The summed E-state index contributed by atoms with van der Waals surface area (Å²) in [5, 5.41) is 13.5. The number of carbonyl (C=O) groups is 1. The Morgan fingerprint density at radius 2 is 1.81 bits per heavy atom. The number of rotatable bonds is 9. The quantitative estimate of drug-likeness (QED) is 0.170. The average Bonchev–Trinajstić information content (AvgIpc) is 3.48. The molecular weight excluding hydrogens is 647 g/mol. The Morgan fingerprint density at radius 1 is 1.06 bits per heavy atom. The normalized spacial score (nSPS) is 14.7. The van der Waals surface area contributed by atoms with Gasteiger partial charge < -0.3 is 20.7 Å². The maximum atomic E-state index is 13.8. The minimum Gasteiger partial charge on any atom is -0.481 e. The predicted octanol–water partition coefficient (Wildman–Crippen LogP) is 6.16. The lowest BCUT2D eigenvalue weighted by Gasteiger charge is -2.18. The van der Waals surface area contributed by atoms with Crippen LogP contribution >= 0.6 is 11.6 Å². The van der Waals surface area contributed by atoms with Gasteiger partial charge in [0.2, 0.25) is 11.8 Å². The number of aromatic nitrogens is 4. The molecule has 14 heteroatoms. The van der Waals surface area contributed by atoms with Crippen LogP contribution in [0.15, 0.2) is 65.6 Å². The van der Waals surface area contributed by atoms with Crippen molar-refractivity contribution < 1.29 is 22.7 Å². The number of amides is 1. The monoisotopic (exact) mass is 677 g/mol. The standard InChI is InChI=1S/C34H31ClF3N7O3/c1-18-22(6-5-9-25(18)42-31-29-20(16-40-45(2)33(29)47)14-27(44-31)34(36,37)38)23-7-4-8-24(30(23)35)26-12-10-19(32(43-26)48-3)15-39-17-21-11-13-28(46)41-21/h4-10,12,14,16,21,39H,11,13,15,17H2,1-3H3,(H,41,46)(H,42,44). The molecule has 0 aliphatic carbocycles. The molecule has 1 aliphatic rings. The van der Waals surface area contributed by atoms with Crippen molar-refractivity contribution >= 4 is 39.8 Å². The van der Waals surface area contributed by atoms with E-state index < -0.39 is 17.4 Å². The number of hydrogen-bond donors (Lipinski definition) is 3. The first-order valence-corrected chi connectivity index (χ1v) is 15.5. The Hall–Kier alpha value is -5.01. The number of carbonyl (C=O) groups excluding carboxylic acids is 1. The topological polar surface area (TPSA) is 123 Å². The van der Waals surface area contributed by atoms with Gasteiger partial charge in [0.15, 0.2) is 0 Å². The Balaban J connectivity index is 1.32. The molecule has 1 atom stereocenters. The summed E-state index contributed by atoms with van der Waals surface area (Å²) in [6.45, 7) is 2.93. The maximum absolute atomic E-state index is 13.8. The van der Waals surface area contributed by atoms with E-state index in [1.807, 2.05) is 36.4 Å². The summed E-state index contributed by atoms with van der Waals surface area (Å²) >= 11 is 7.02. The molecule has 0 saturated carbocycles. The lowest BCUT2D eigenvalue weighted by molar-refractivity contribution is -0.141. The van der Waals surface area contributed by atoms with Gasteiger partial charge in [0.05, 0.1) is 29.4 Å². The molecule has 0 bridgehead atoms. The highest BCUT2D eigenvalue weighted by atomic mass is 35.5. The van der Waals surface area contributed by atoms with Gasteiger partial charge in [0.1, 0.15) is 11.5 Å². The highest BCUT2D eigenvalue weighted by molar-refractivity contribution is 6.36. The van der Waals surface area contributed by atoms with Crippen LogP contribution in [0, 0.1) is 6.92 Å². The summed E-state index contributed by atoms with van der Waals surface area (Å²) in [5.41, 5.74) is 2.83. The van der Waals surface area contributed by atoms with Gasteiger partial charge >= 0.3 is 6.18 Å². The molecule has 10 nitrogen and oxygen atoms in total. The fraction of sp³-hybridized carbons (Fsp3) is 0.265. The number of benzene rings is 2. The van der Waals surface area contributed by atoms with E-state index in [1.165, 1.54) is 13.2 Å². The number of nitrogens with one attached hydrogen (secondary N) is 3. The summed E-state index contributed by atoms with van der Waals surface area (Å²) in [6, 6.07) is 15.5. The first kappa shape index (κ1) is 32.9. The molecule has 0 radical (unpaired) electrons. The van der Waals surface area contributed by atoms with Gasteiger partial charge in [-0.1, -0.05) is 48.0 Å². The van der Waals surface area contributed by atoms with Gasteiger partial charge in [0.25, 0.3) is 5.56 Å². The second-order valence-corrected chi connectivity index (χ2v) is 11.8. The predicted molar refractivity (Wildman–Crippen MR) is 177 cm³/mol. The molecule has 3 N–H and O–H groups in total. The molecule has 1 saturated heterocycles. The van der Waals surface area contributed by atoms with Gasteiger partial charge in [-0.05, 0) is 42.7 Å². The SMILES string of the molecule is COc1nc(-c2cccc(-c3cccc(Nc4nc(C(F)(F)F)cc5cnn(C)c(=O)c45)c3C)c2Cl)ccc1CNCC1CCC(=O)N1. The second-order valence-electron chi connectivity index (χ2n) is 11.5. The Bertz CT molecular complexity index is 2100. The lowest BCUT2D eigenvalue weighted by atomic mass is 9.96. The molecule has 1 aliphatic heterocycles. The molecule has 3 aromatic heterocycles. The van der Waals surface area contributed by atoms with E-state index >= 15 is 0 Å². The van der Waals surface area contributed by atoms with Crippen LogP contribution in [0.5, 0.6) is 5.88 Å². The van der Waals surface area contributed by atoms with Gasteiger partial charge in [-0.15, -0.1) is 0 Å². The third-order valence-corrected chi connectivity index (χ3v) is 8.70. The van der Waals surface area contributed by atoms with E-state index in [0.717, 1.165) is 22.7 Å². The van der Waals surface area contributed by atoms with Crippen molar-refractivity contribution in [1.82, 2.24) is 30.4 Å². The van der Waals surface area contributed by atoms with Crippen LogP contribution in [0.2, 0.25) is 5.02 Å². The molecule has 5 aromatic rings. The number of halogens is 4. The van der Waals surface area contributed by atoms with Crippen molar-refractivity contribution in [1.29, 1.82) is 0 Å². The van der Waals surface area contributed by atoms with Crippen LogP contribution < -0.4 is 26.2 Å². The molecule has 6 rings (SSSR count). The van der Waals surface area contributed by atoms with Crippen molar-refractivity contribution in [2.24, 2.45) is 7.05 Å². The molecular formula is C34H31ClF3N7O3. The number of anilines is 2. The van der Waals surface area contributed by atoms with Crippen molar-refractivity contribution in [2.45, 2.75) is 38.5 Å². The number of nitrogens with zero attached hydrogens (tertiary/aromatic N) is 4. The first-order chi connectivity index (χ1) is 22.9. The smallest absolute Gasteiger partial charge is 0.433 e. The molecule has 1 amide bonds. The minimum absolute atomic E-state index is 0.0134. The molecule has 1 fully saturated rings. The Labute approximate surface area is 278 Å². The number of ether oxygens (including phenoxy) is 1. The number of hydrogen-bond acceptors (Lipinski definition) is 8. The van der Waals surface area contributed by atoms with E-state index in [0.29, 0.717) is 64.0 Å². The number of methoxy groups -OCH3 is 1. The second kappa shape index (κ2) is 13.2. The van der Waals surface area contributed by atoms with Gasteiger partial charge in [-0.25, -0.2) is 14.6 Å². The van der Waals surface area contributed by atoms with Crippen LogP contribution in [0.4, 0.5) is 24.7 Å². The molecule has 2 aromatic carbocycles. The van der Waals surface area contributed by atoms with Crippen LogP contribution in [0.25, 0.3) is 33.2 Å². The van der Waals surface area contributed by atoms with Crippen LogP contribution in [0.1, 0.15) is 29.7 Å². The van der Waals surface area contributed by atoms with Crippen molar-refractivity contribution in [3.63, 3.8) is 0 Å². The van der Waals surface area contributed by atoms with Crippen LogP contribution in [-0.2, 0) is 24.6 Å². The van der Waals surface area contributed by atoms with Crippen LogP contribution in [-0.4, -0.2) is 45.4 Å². The zero-order valence-corrected chi connectivity index (χ0v) is 27.0. The van der Waals surface area contributed by atoms with Gasteiger partial charge in [-0.2, -0.15) is 18.3 Å². The van der Waals surface area contributed by atoms with E-state index in [-0.39, 0.29) is 28.5 Å². The molecule has 48 heavy (non-hydrogen) atoms. The third-order valence-electron chi connectivity index (χ3n) is 8.29. The summed E-state index contributed by atoms with van der Waals surface area (Å²) in [5.74, 6) is 0.261. The highest BCUT2D eigenvalue weighted by Crippen LogP contribution is 2.40. The largest absolute Gasteiger partial charge is 0.481 e. The summed E-state index contributed by atoms with van der Waals surface area (Å²) in [6.07, 6.45) is -2.20. The third kappa shape index (κ3) is 6.56. The van der Waals surface area contributed by atoms with E-state index in [2.05, 4.69) is 26.0 Å². The summed E-state index contributed by atoms with van der Waals surface area (Å²) in [7, 11) is 2.96. The van der Waals surface area contributed by atoms with Crippen molar-refractivity contribution in [3.05, 3.63) is 93.0 Å². The van der Waals surface area contributed by atoms with Crippen LogP contribution in [0.3, 0.4) is 0 Å². The zero-order chi connectivity index (χ0) is 34.2. The number of fused-ring (bicyclic) bond motifs is 1. The molecule has 1 unspecified atom stereocenters. The Kier molecular flexibility index (Phi) is 9.08. The van der Waals surface area contributed by atoms with Gasteiger partial charge in [-0.3, -0.25) is 9.59 Å². The fourth-order valence-corrected chi connectivity index (χ4v) is 6.08. The number of alkyl halides is 3. The highest BCUT2D eigenvalue weighted by Gasteiger charge is 2.34. The first-order valence-electron chi connectivity index (χ1n) is 15.1. The van der Waals surface area contributed by atoms with Gasteiger partial charge in [0, 0.05) is 60.4 Å². The van der Waals surface area contributed by atoms with E-state index in [9.17, 15) is 22.8 Å². The van der Waals surface area contributed by atoms with Crippen molar-refractivity contribution in [3.8, 4) is 28.3 Å². The summed E-state index contributed by atoms with van der Waals surface area (Å²) in [4.78, 5) is 33.0. The minimum atomic E-state index is -4.74. The Morgan fingerprint density at radius 3 is 2.54 bits per heavy atom. The number of pyridine rings is 2. The lowest BCUT2D eigenvalue weighted by Crippen LogP contribution is -2.35. The zero-order valence-electron chi connectivity index (χ0n) is 26.2. The van der Waals surface area contributed by atoms with E-state index in [1.54, 1.807) is 26.2 Å². The molecule has 4 heterocycles. The average molecular weight is 678 g/mol. The number of aryl methyl sites for hydroxylation is 1. The maximum Gasteiger partial charge on any atom is 0.433 e. The van der Waals surface area contributed by atoms with E-state index in [4.69, 9.17) is 21.3 Å². The fourth-order valence-electron chi connectivity index (χ4n) is 5.76. The molecule has 248 valence electrons. The molecule has 0 spiro atoms. The summed E-state index contributed by atoms with van der Waals surface area (Å²) < 4.78 is 47.9. The van der Waals surface area contributed by atoms with Crippen molar-refractivity contribution in [2.75, 3.05) is 19.0 Å².